The standard InChI is InChI=1S/C15H25N5O/c1-3-21-10-14-17-13(16)8-15(18-14)20-7-6-11-4-5-12(9-20)19(11)2/h8,11-12H,3-7,9-10H2,1-2H3,(H2,16,17,18). The Hall–Kier alpha value is -1.40. The Morgan fingerprint density at radius 1 is 1.29 bits per heavy atom. The average molecular weight is 291 g/mol. The molecule has 0 radical (unpaired) electrons. The molecule has 2 aliphatic rings. The lowest BCUT2D eigenvalue weighted by molar-refractivity contribution is 0.128. The Kier molecular flexibility index (Phi) is 4.26. The van der Waals surface area contributed by atoms with E-state index in [1.165, 1.54) is 19.3 Å². The zero-order valence-electron chi connectivity index (χ0n) is 13.0. The van der Waals surface area contributed by atoms with Crippen LogP contribution >= 0.6 is 0 Å². The van der Waals surface area contributed by atoms with Gasteiger partial charge in [-0.2, -0.15) is 0 Å². The molecule has 0 aromatic carbocycles. The van der Waals surface area contributed by atoms with Crippen molar-refractivity contribution in [2.75, 3.05) is 37.4 Å². The SMILES string of the molecule is CCOCc1nc(N)cc(N2CCC3CCC(C2)N3C)n1. The third-order valence-corrected chi connectivity index (χ3v) is 4.69. The van der Waals surface area contributed by atoms with Crippen molar-refractivity contribution >= 4 is 11.6 Å². The fraction of sp³-hybridized carbons (Fsp3) is 0.733. The Morgan fingerprint density at radius 3 is 2.90 bits per heavy atom. The molecule has 2 saturated heterocycles. The molecule has 2 N–H and O–H groups in total. The smallest absolute Gasteiger partial charge is 0.158 e. The van der Waals surface area contributed by atoms with Gasteiger partial charge in [0.2, 0.25) is 0 Å². The lowest BCUT2D eigenvalue weighted by Crippen LogP contribution is -2.37. The van der Waals surface area contributed by atoms with Crippen LogP contribution in [0.15, 0.2) is 6.07 Å². The number of nitrogen functional groups attached to an aromatic ring is 1. The molecule has 0 aliphatic carbocycles. The largest absolute Gasteiger partial charge is 0.384 e. The number of aromatic nitrogens is 2. The van der Waals surface area contributed by atoms with Crippen molar-refractivity contribution in [3.63, 3.8) is 0 Å². The Morgan fingerprint density at radius 2 is 2.10 bits per heavy atom. The van der Waals surface area contributed by atoms with Crippen LogP contribution < -0.4 is 10.6 Å². The zero-order valence-corrected chi connectivity index (χ0v) is 13.0. The van der Waals surface area contributed by atoms with E-state index in [4.69, 9.17) is 10.5 Å². The first-order valence-electron chi connectivity index (χ1n) is 7.85. The van der Waals surface area contributed by atoms with Gasteiger partial charge in [0.25, 0.3) is 0 Å². The van der Waals surface area contributed by atoms with Gasteiger partial charge in [-0.1, -0.05) is 0 Å². The number of likely N-dealkylation sites (N-methyl/N-ethyl adjacent to an activating group) is 1. The number of anilines is 2. The lowest BCUT2D eigenvalue weighted by atomic mass is 10.1. The van der Waals surface area contributed by atoms with Crippen molar-refractivity contribution in [3.8, 4) is 0 Å². The topological polar surface area (TPSA) is 67.5 Å². The number of hydrogen-bond donors (Lipinski definition) is 1. The quantitative estimate of drug-likeness (QED) is 0.901. The molecule has 1 aromatic rings. The summed E-state index contributed by atoms with van der Waals surface area (Å²) in [5, 5.41) is 0. The molecule has 21 heavy (non-hydrogen) atoms. The molecule has 3 heterocycles. The third-order valence-electron chi connectivity index (χ3n) is 4.69. The Labute approximate surface area is 126 Å². The van der Waals surface area contributed by atoms with Gasteiger partial charge < -0.3 is 15.4 Å². The minimum Gasteiger partial charge on any atom is -0.384 e. The van der Waals surface area contributed by atoms with Crippen molar-refractivity contribution in [3.05, 3.63) is 11.9 Å². The second-order valence-corrected chi connectivity index (χ2v) is 5.99. The van der Waals surface area contributed by atoms with Gasteiger partial charge in [0.1, 0.15) is 18.2 Å². The summed E-state index contributed by atoms with van der Waals surface area (Å²) in [6.45, 7) is 5.11. The first-order chi connectivity index (χ1) is 10.2. The van der Waals surface area contributed by atoms with Crippen molar-refractivity contribution in [2.24, 2.45) is 0 Å². The predicted molar refractivity (Wildman–Crippen MR) is 83.2 cm³/mol. The summed E-state index contributed by atoms with van der Waals surface area (Å²) >= 11 is 0. The highest BCUT2D eigenvalue weighted by Crippen LogP contribution is 2.30. The van der Waals surface area contributed by atoms with E-state index >= 15 is 0 Å². The fourth-order valence-electron chi connectivity index (χ4n) is 3.44. The molecule has 2 fully saturated rings. The summed E-state index contributed by atoms with van der Waals surface area (Å²) in [7, 11) is 2.25. The van der Waals surface area contributed by atoms with Gasteiger partial charge in [-0.3, -0.25) is 4.90 Å². The Balaban J connectivity index is 1.78. The van der Waals surface area contributed by atoms with Crippen LogP contribution in [0.1, 0.15) is 32.0 Å². The summed E-state index contributed by atoms with van der Waals surface area (Å²) in [4.78, 5) is 13.8. The molecule has 0 spiro atoms. The lowest BCUT2D eigenvalue weighted by Gasteiger charge is -2.27. The van der Waals surface area contributed by atoms with Gasteiger partial charge in [0.05, 0.1) is 0 Å². The van der Waals surface area contributed by atoms with Gasteiger partial charge >= 0.3 is 0 Å². The average Bonchev–Trinajstić information content (AvgIpc) is 2.69. The second-order valence-electron chi connectivity index (χ2n) is 5.99. The summed E-state index contributed by atoms with van der Waals surface area (Å²) in [6.07, 6.45) is 3.80. The van der Waals surface area contributed by atoms with E-state index in [1.54, 1.807) is 0 Å². The zero-order chi connectivity index (χ0) is 14.8. The third kappa shape index (κ3) is 3.11. The highest BCUT2D eigenvalue weighted by atomic mass is 16.5. The molecule has 6 heteroatoms. The summed E-state index contributed by atoms with van der Waals surface area (Å²) in [5.41, 5.74) is 5.94. The van der Waals surface area contributed by atoms with Gasteiger partial charge in [0.15, 0.2) is 5.82 Å². The van der Waals surface area contributed by atoms with Crippen LogP contribution in [-0.4, -0.2) is 53.7 Å². The number of hydrogen-bond acceptors (Lipinski definition) is 6. The van der Waals surface area contributed by atoms with E-state index in [-0.39, 0.29) is 0 Å². The minimum absolute atomic E-state index is 0.425. The first-order valence-corrected chi connectivity index (χ1v) is 7.85. The van der Waals surface area contributed by atoms with E-state index < -0.39 is 0 Å². The van der Waals surface area contributed by atoms with Gasteiger partial charge in [0, 0.05) is 37.8 Å². The normalized spacial score (nSPS) is 26.1. The molecule has 0 saturated carbocycles. The fourth-order valence-corrected chi connectivity index (χ4v) is 3.44. The van der Waals surface area contributed by atoms with Gasteiger partial charge in [-0.05, 0) is 33.2 Å². The predicted octanol–water partition coefficient (Wildman–Crippen LogP) is 1.27. The molecule has 1 aromatic heterocycles. The van der Waals surface area contributed by atoms with E-state index in [0.29, 0.717) is 30.9 Å². The highest BCUT2D eigenvalue weighted by Gasteiger charge is 2.35. The van der Waals surface area contributed by atoms with Gasteiger partial charge in [-0.15, -0.1) is 0 Å². The van der Waals surface area contributed by atoms with E-state index in [0.717, 1.165) is 24.9 Å². The van der Waals surface area contributed by atoms with Crippen LogP contribution in [0.4, 0.5) is 11.6 Å². The molecule has 116 valence electrons. The second kappa shape index (κ2) is 6.15. The molecule has 2 bridgehead atoms. The molecular weight excluding hydrogens is 266 g/mol. The maximum atomic E-state index is 5.94. The van der Waals surface area contributed by atoms with E-state index in [2.05, 4.69) is 26.8 Å². The van der Waals surface area contributed by atoms with Crippen LogP contribution in [-0.2, 0) is 11.3 Å². The number of nitrogens with zero attached hydrogens (tertiary/aromatic N) is 4. The van der Waals surface area contributed by atoms with Crippen molar-refractivity contribution in [1.82, 2.24) is 14.9 Å². The highest BCUT2D eigenvalue weighted by molar-refractivity contribution is 5.47. The monoisotopic (exact) mass is 291 g/mol. The molecule has 2 aliphatic heterocycles. The van der Waals surface area contributed by atoms with Crippen molar-refractivity contribution in [2.45, 2.75) is 44.9 Å². The number of fused-ring (bicyclic) bond motifs is 2. The minimum atomic E-state index is 0.425. The first kappa shape index (κ1) is 14.5. The van der Waals surface area contributed by atoms with Crippen molar-refractivity contribution < 1.29 is 4.74 Å². The molecule has 0 amide bonds. The Bertz CT molecular complexity index is 495. The maximum absolute atomic E-state index is 5.94. The molecular formula is C15H25N5O. The molecule has 3 rings (SSSR count). The van der Waals surface area contributed by atoms with Crippen LogP contribution in [0.2, 0.25) is 0 Å². The van der Waals surface area contributed by atoms with Crippen LogP contribution in [0.25, 0.3) is 0 Å². The maximum Gasteiger partial charge on any atom is 0.158 e. The molecule has 6 nitrogen and oxygen atoms in total. The van der Waals surface area contributed by atoms with E-state index in [1.807, 2.05) is 13.0 Å². The van der Waals surface area contributed by atoms with Crippen LogP contribution in [0.3, 0.4) is 0 Å². The number of nitrogens with two attached hydrogens (primary N) is 1. The summed E-state index contributed by atoms with van der Waals surface area (Å²) in [5.74, 6) is 2.14. The van der Waals surface area contributed by atoms with Crippen LogP contribution in [0, 0.1) is 0 Å². The number of rotatable bonds is 4. The number of ether oxygens (including phenoxy) is 1. The molecule has 2 atom stereocenters. The summed E-state index contributed by atoms with van der Waals surface area (Å²) in [6, 6.07) is 3.24. The van der Waals surface area contributed by atoms with Crippen LogP contribution in [0.5, 0.6) is 0 Å². The van der Waals surface area contributed by atoms with Crippen molar-refractivity contribution in [1.29, 1.82) is 0 Å². The molecule has 2 unspecified atom stereocenters. The van der Waals surface area contributed by atoms with Gasteiger partial charge in [-0.25, -0.2) is 9.97 Å². The summed E-state index contributed by atoms with van der Waals surface area (Å²) < 4.78 is 5.40. The van der Waals surface area contributed by atoms with E-state index in [9.17, 15) is 0 Å².